The lowest BCUT2D eigenvalue weighted by Crippen LogP contribution is -2.44. The number of fused-ring (bicyclic) bond motifs is 3. The Balaban J connectivity index is 1.19. The van der Waals surface area contributed by atoms with Gasteiger partial charge in [0.1, 0.15) is 6.61 Å². The molecular weight excluding hydrogens is 444 g/mol. The molecule has 2 unspecified atom stereocenters. The largest absolute Gasteiger partial charge is 0.481 e. The number of hydrogen-bond donors (Lipinski definition) is 2. The molecule has 2 aliphatic carbocycles. The van der Waals surface area contributed by atoms with Crippen LogP contribution in [0.3, 0.4) is 0 Å². The van der Waals surface area contributed by atoms with Crippen molar-refractivity contribution in [2.75, 3.05) is 19.7 Å². The maximum absolute atomic E-state index is 13.3. The van der Waals surface area contributed by atoms with Gasteiger partial charge in [0.25, 0.3) is 0 Å². The molecule has 35 heavy (non-hydrogen) atoms. The summed E-state index contributed by atoms with van der Waals surface area (Å²) >= 11 is 0. The Morgan fingerprint density at radius 2 is 1.66 bits per heavy atom. The van der Waals surface area contributed by atoms with Gasteiger partial charge in [-0.25, -0.2) is 4.79 Å². The number of aliphatic carboxylic acids is 1. The lowest BCUT2D eigenvalue weighted by Gasteiger charge is -2.28. The van der Waals surface area contributed by atoms with Crippen LogP contribution in [0.1, 0.15) is 55.6 Å². The van der Waals surface area contributed by atoms with Crippen molar-refractivity contribution in [3.8, 4) is 11.1 Å². The van der Waals surface area contributed by atoms with Gasteiger partial charge in [-0.2, -0.15) is 0 Å². The van der Waals surface area contributed by atoms with Crippen LogP contribution in [-0.2, 0) is 14.3 Å². The van der Waals surface area contributed by atoms with Crippen LogP contribution < -0.4 is 5.32 Å². The number of carbonyl (C=O) groups excluding carboxylic acids is 2. The lowest BCUT2D eigenvalue weighted by atomic mass is 9.98. The van der Waals surface area contributed by atoms with Crippen LogP contribution in [0, 0.1) is 11.8 Å². The molecule has 0 aromatic heterocycles. The van der Waals surface area contributed by atoms with E-state index in [0.717, 1.165) is 36.8 Å². The summed E-state index contributed by atoms with van der Waals surface area (Å²) in [7, 11) is 0. The summed E-state index contributed by atoms with van der Waals surface area (Å²) in [6, 6.07) is 16.1. The van der Waals surface area contributed by atoms with Crippen LogP contribution in [0.2, 0.25) is 0 Å². The number of carbonyl (C=O) groups is 3. The average molecular weight is 477 g/mol. The van der Waals surface area contributed by atoms with Crippen molar-refractivity contribution in [2.45, 2.75) is 50.5 Å². The molecule has 3 aliphatic rings. The van der Waals surface area contributed by atoms with Crippen molar-refractivity contribution in [3.05, 3.63) is 59.7 Å². The fourth-order valence-corrected chi connectivity index (χ4v) is 5.66. The average Bonchev–Trinajstić information content (AvgIpc) is 3.47. The first-order valence-corrected chi connectivity index (χ1v) is 12.6. The molecule has 2 aromatic rings. The molecule has 1 saturated carbocycles. The van der Waals surface area contributed by atoms with Gasteiger partial charge in [0, 0.05) is 25.0 Å². The molecule has 1 aliphatic heterocycles. The number of hydrogen-bond acceptors (Lipinski definition) is 4. The molecule has 184 valence electrons. The fraction of sp³-hybridized carbons (Fsp3) is 0.464. The first-order valence-electron chi connectivity index (χ1n) is 12.6. The van der Waals surface area contributed by atoms with Gasteiger partial charge in [0.15, 0.2) is 0 Å². The van der Waals surface area contributed by atoms with Crippen LogP contribution >= 0.6 is 0 Å². The third-order valence-electron chi connectivity index (χ3n) is 7.57. The molecule has 0 spiro atoms. The molecule has 2 atom stereocenters. The highest BCUT2D eigenvalue weighted by Crippen LogP contribution is 2.44. The monoisotopic (exact) mass is 476 g/mol. The van der Waals surface area contributed by atoms with Crippen molar-refractivity contribution in [3.63, 3.8) is 0 Å². The predicted molar refractivity (Wildman–Crippen MR) is 131 cm³/mol. The molecular formula is C28H32N2O5. The van der Waals surface area contributed by atoms with Gasteiger partial charge in [-0.15, -0.1) is 0 Å². The van der Waals surface area contributed by atoms with Gasteiger partial charge in [0.2, 0.25) is 5.91 Å². The number of likely N-dealkylation sites (tertiary alicyclic amines) is 1. The second kappa shape index (κ2) is 10.1. The molecule has 5 rings (SSSR count). The Morgan fingerprint density at radius 1 is 1.00 bits per heavy atom. The van der Waals surface area contributed by atoms with E-state index in [-0.39, 0.29) is 43.4 Å². The van der Waals surface area contributed by atoms with E-state index in [1.807, 2.05) is 24.3 Å². The molecule has 1 saturated heterocycles. The van der Waals surface area contributed by atoms with E-state index >= 15 is 0 Å². The number of carboxylic acid groups (broad SMARTS) is 1. The van der Waals surface area contributed by atoms with Gasteiger partial charge in [-0.05, 0) is 47.4 Å². The van der Waals surface area contributed by atoms with Crippen molar-refractivity contribution in [1.82, 2.24) is 10.2 Å². The lowest BCUT2D eigenvalue weighted by molar-refractivity contribution is -0.141. The van der Waals surface area contributed by atoms with Crippen LogP contribution in [0.5, 0.6) is 0 Å². The molecule has 2 amide bonds. The zero-order chi connectivity index (χ0) is 24.4. The summed E-state index contributed by atoms with van der Waals surface area (Å²) in [5, 5.41) is 12.0. The van der Waals surface area contributed by atoms with Crippen LogP contribution in [0.25, 0.3) is 11.1 Å². The molecule has 2 fully saturated rings. The Labute approximate surface area is 205 Å². The van der Waals surface area contributed by atoms with E-state index in [4.69, 9.17) is 4.74 Å². The molecule has 0 bridgehead atoms. The highest BCUT2D eigenvalue weighted by Gasteiger charge is 2.37. The van der Waals surface area contributed by atoms with Gasteiger partial charge >= 0.3 is 12.1 Å². The summed E-state index contributed by atoms with van der Waals surface area (Å²) in [5.74, 6) is -0.783. The highest BCUT2D eigenvalue weighted by molar-refractivity contribution is 5.81. The summed E-state index contributed by atoms with van der Waals surface area (Å²) in [6.07, 6.45) is 3.92. The van der Waals surface area contributed by atoms with E-state index < -0.39 is 12.1 Å². The Hall–Kier alpha value is -3.35. The molecule has 0 radical (unpaired) electrons. The smallest absolute Gasteiger partial charge is 0.407 e. The highest BCUT2D eigenvalue weighted by atomic mass is 16.5. The number of amides is 2. The number of nitrogens with one attached hydrogen (secondary N) is 1. The summed E-state index contributed by atoms with van der Waals surface area (Å²) in [6.45, 7) is 1.03. The maximum atomic E-state index is 13.3. The summed E-state index contributed by atoms with van der Waals surface area (Å²) in [5.41, 5.74) is 4.66. The van der Waals surface area contributed by atoms with E-state index in [1.54, 1.807) is 4.90 Å². The fourth-order valence-electron chi connectivity index (χ4n) is 5.66. The van der Waals surface area contributed by atoms with E-state index in [1.165, 1.54) is 11.1 Å². The minimum absolute atomic E-state index is 0.0154. The second-order valence-corrected chi connectivity index (χ2v) is 10.0. The van der Waals surface area contributed by atoms with E-state index in [2.05, 4.69) is 29.6 Å². The molecule has 7 heteroatoms. The Morgan fingerprint density at radius 3 is 2.29 bits per heavy atom. The topological polar surface area (TPSA) is 95.9 Å². The van der Waals surface area contributed by atoms with Crippen molar-refractivity contribution >= 4 is 18.0 Å². The number of carboxylic acids is 1. The SMILES string of the molecule is O=C(O)CC1CCCN1C(=O)C(CNC(=O)OCC1c2ccccc2-c2ccccc21)CC1CC1. The van der Waals surface area contributed by atoms with Crippen LogP contribution in [-0.4, -0.2) is 53.7 Å². The normalized spacial score (nSPS) is 19.7. The number of nitrogens with zero attached hydrogens (tertiary/aromatic N) is 1. The minimum atomic E-state index is -0.884. The number of alkyl carbamates (subject to hydrolysis) is 1. The van der Waals surface area contributed by atoms with Crippen molar-refractivity contribution < 1.29 is 24.2 Å². The maximum Gasteiger partial charge on any atom is 0.407 e. The number of rotatable bonds is 9. The van der Waals surface area contributed by atoms with Gasteiger partial charge < -0.3 is 20.1 Å². The summed E-state index contributed by atoms with van der Waals surface area (Å²) in [4.78, 5) is 38.9. The molecule has 2 N–H and O–H groups in total. The Kier molecular flexibility index (Phi) is 6.75. The van der Waals surface area contributed by atoms with E-state index in [9.17, 15) is 19.5 Å². The van der Waals surface area contributed by atoms with Gasteiger partial charge in [-0.1, -0.05) is 61.4 Å². The van der Waals surface area contributed by atoms with Crippen molar-refractivity contribution in [1.29, 1.82) is 0 Å². The van der Waals surface area contributed by atoms with Crippen LogP contribution in [0.4, 0.5) is 4.79 Å². The number of ether oxygens (including phenoxy) is 1. The molecule has 1 heterocycles. The first kappa shape index (κ1) is 23.4. The molecule has 2 aromatic carbocycles. The Bertz CT molecular complexity index is 1070. The first-order chi connectivity index (χ1) is 17.0. The van der Waals surface area contributed by atoms with Crippen LogP contribution in [0.15, 0.2) is 48.5 Å². The standard InChI is InChI=1S/C28H32N2O5/c31-26(32)15-20-6-5-13-30(20)27(33)19(14-18-11-12-18)16-29-28(34)35-17-25-23-9-3-1-7-21(23)22-8-2-4-10-24(22)25/h1-4,7-10,18-20,25H,5-6,11-17H2,(H,29,34)(H,31,32). The quantitative estimate of drug-likeness (QED) is 0.559. The second-order valence-electron chi connectivity index (χ2n) is 10.0. The predicted octanol–water partition coefficient (Wildman–Crippen LogP) is 4.41. The van der Waals surface area contributed by atoms with Gasteiger partial charge in [0.05, 0.1) is 12.3 Å². The third kappa shape index (κ3) is 5.19. The zero-order valence-corrected chi connectivity index (χ0v) is 19.8. The van der Waals surface area contributed by atoms with E-state index in [0.29, 0.717) is 18.9 Å². The number of benzene rings is 2. The molecule has 7 nitrogen and oxygen atoms in total. The summed E-state index contributed by atoms with van der Waals surface area (Å²) < 4.78 is 5.64. The minimum Gasteiger partial charge on any atom is -0.481 e. The third-order valence-corrected chi connectivity index (χ3v) is 7.57. The van der Waals surface area contributed by atoms with Crippen molar-refractivity contribution in [2.24, 2.45) is 11.8 Å². The zero-order valence-electron chi connectivity index (χ0n) is 19.8. The van der Waals surface area contributed by atoms with Gasteiger partial charge in [-0.3, -0.25) is 9.59 Å².